The Labute approximate surface area is 126 Å². The van der Waals surface area contributed by atoms with Crippen molar-refractivity contribution in [1.82, 2.24) is 4.90 Å². The van der Waals surface area contributed by atoms with Gasteiger partial charge in [-0.3, -0.25) is 4.90 Å². The summed E-state index contributed by atoms with van der Waals surface area (Å²) in [5.41, 5.74) is 2.69. The maximum Gasteiger partial charge on any atom is 0.0669 e. The van der Waals surface area contributed by atoms with Crippen LogP contribution in [0.3, 0.4) is 0 Å². The maximum atomic E-state index is 9.26. The van der Waals surface area contributed by atoms with Crippen LogP contribution in [0.5, 0.6) is 0 Å². The van der Waals surface area contributed by atoms with Gasteiger partial charge in [0, 0.05) is 19.1 Å². The highest BCUT2D eigenvalue weighted by Gasteiger charge is 2.31. The van der Waals surface area contributed by atoms with Crippen molar-refractivity contribution < 1.29 is 0 Å². The molecule has 1 aliphatic rings. The summed E-state index contributed by atoms with van der Waals surface area (Å²) in [7, 11) is 0. The summed E-state index contributed by atoms with van der Waals surface area (Å²) < 4.78 is 0. The summed E-state index contributed by atoms with van der Waals surface area (Å²) in [4.78, 5) is 2.47. The molecule has 2 nitrogen and oxygen atoms in total. The lowest BCUT2D eigenvalue weighted by atomic mass is 10.0. The van der Waals surface area contributed by atoms with E-state index in [2.05, 4.69) is 65.6 Å². The van der Waals surface area contributed by atoms with E-state index in [4.69, 9.17) is 0 Å². The second-order valence-electron chi connectivity index (χ2n) is 5.82. The first-order valence-electron chi connectivity index (χ1n) is 7.56. The number of nitrogens with zero attached hydrogens (tertiary/aromatic N) is 2. The summed E-state index contributed by atoms with van der Waals surface area (Å²) in [6.07, 6.45) is 2.02. The molecular formula is C19H20N2. The fraction of sp³-hybridized carbons (Fsp3) is 0.316. The molecule has 0 aromatic heterocycles. The molecule has 2 aromatic carbocycles. The molecule has 21 heavy (non-hydrogen) atoms. The normalized spacial score (nSPS) is 22.0. The lowest BCUT2D eigenvalue weighted by molar-refractivity contribution is 0.242. The van der Waals surface area contributed by atoms with E-state index in [9.17, 15) is 5.26 Å². The number of nitriles is 1. The fourth-order valence-electron chi connectivity index (χ4n) is 3.19. The van der Waals surface area contributed by atoms with Crippen molar-refractivity contribution in [1.29, 1.82) is 5.26 Å². The number of benzene rings is 2. The monoisotopic (exact) mass is 276 g/mol. The average Bonchev–Trinajstić information content (AvgIpc) is 2.91. The summed E-state index contributed by atoms with van der Waals surface area (Å²) in [6, 6.07) is 24.1. The third kappa shape index (κ3) is 3.51. The van der Waals surface area contributed by atoms with E-state index in [1.165, 1.54) is 11.1 Å². The van der Waals surface area contributed by atoms with Crippen LogP contribution in [-0.2, 0) is 13.0 Å². The molecular weight excluding hydrogens is 256 g/mol. The molecule has 2 aromatic rings. The summed E-state index contributed by atoms with van der Waals surface area (Å²) in [6.45, 7) is 1.83. The van der Waals surface area contributed by atoms with Crippen LogP contribution in [-0.4, -0.2) is 17.5 Å². The van der Waals surface area contributed by atoms with E-state index in [-0.39, 0.29) is 5.92 Å². The third-order valence-corrected chi connectivity index (χ3v) is 4.25. The molecule has 2 heteroatoms. The topological polar surface area (TPSA) is 27.0 Å². The molecule has 0 amide bonds. The zero-order valence-electron chi connectivity index (χ0n) is 12.2. The summed E-state index contributed by atoms with van der Waals surface area (Å²) >= 11 is 0. The molecule has 0 saturated carbocycles. The van der Waals surface area contributed by atoms with E-state index in [0.29, 0.717) is 6.04 Å². The molecule has 1 heterocycles. The van der Waals surface area contributed by atoms with Crippen LogP contribution in [0.1, 0.15) is 17.5 Å². The molecule has 0 radical (unpaired) electrons. The largest absolute Gasteiger partial charge is 0.294 e. The SMILES string of the molecule is N#C[C@@H]1C[C@@H](Cc2ccccc2)N(Cc2ccccc2)C1. The molecule has 1 fully saturated rings. The van der Waals surface area contributed by atoms with Gasteiger partial charge in [0.15, 0.2) is 0 Å². The van der Waals surface area contributed by atoms with Gasteiger partial charge in [0.1, 0.15) is 0 Å². The lowest BCUT2D eigenvalue weighted by Crippen LogP contribution is -2.30. The van der Waals surface area contributed by atoms with Crippen LogP contribution in [0.25, 0.3) is 0 Å². The third-order valence-electron chi connectivity index (χ3n) is 4.25. The van der Waals surface area contributed by atoms with Crippen molar-refractivity contribution >= 4 is 0 Å². The first kappa shape index (κ1) is 13.9. The van der Waals surface area contributed by atoms with Gasteiger partial charge in [0.05, 0.1) is 12.0 Å². The van der Waals surface area contributed by atoms with Gasteiger partial charge in [-0.2, -0.15) is 5.26 Å². The molecule has 0 N–H and O–H groups in total. The smallest absolute Gasteiger partial charge is 0.0669 e. The number of hydrogen-bond donors (Lipinski definition) is 0. The zero-order valence-corrected chi connectivity index (χ0v) is 12.2. The molecule has 2 atom stereocenters. The van der Waals surface area contributed by atoms with Crippen LogP contribution in [0.2, 0.25) is 0 Å². The zero-order chi connectivity index (χ0) is 14.5. The highest BCUT2D eigenvalue weighted by Crippen LogP contribution is 2.27. The minimum Gasteiger partial charge on any atom is -0.294 e. The van der Waals surface area contributed by atoms with Crippen molar-refractivity contribution in [3.05, 3.63) is 71.8 Å². The number of hydrogen-bond acceptors (Lipinski definition) is 2. The van der Waals surface area contributed by atoms with Crippen molar-refractivity contribution in [3.63, 3.8) is 0 Å². The van der Waals surface area contributed by atoms with Crippen molar-refractivity contribution in [2.24, 2.45) is 5.92 Å². The molecule has 1 aliphatic heterocycles. The molecule has 0 spiro atoms. The number of rotatable bonds is 4. The van der Waals surface area contributed by atoms with Crippen molar-refractivity contribution in [3.8, 4) is 6.07 Å². The van der Waals surface area contributed by atoms with Gasteiger partial charge >= 0.3 is 0 Å². The van der Waals surface area contributed by atoms with E-state index in [1.54, 1.807) is 0 Å². The molecule has 0 aliphatic carbocycles. The predicted molar refractivity (Wildman–Crippen MR) is 84.5 cm³/mol. The summed E-state index contributed by atoms with van der Waals surface area (Å²) in [5, 5.41) is 9.26. The van der Waals surface area contributed by atoms with Crippen LogP contribution in [0, 0.1) is 17.2 Å². The van der Waals surface area contributed by atoms with Gasteiger partial charge in [-0.15, -0.1) is 0 Å². The van der Waals surface area contributed by atoms with Gasteiger partial charge < -0.3 is 0 Å². The minimum absolute atomic E-state index is 0.169. The highest BCUT2D eigenvalue weighted by atomic mass is 15.2. The van der Waals surface area contributed by atoms with Crippen LogP contribution < -0.4 is 0 Å². The minimum atomic E-state index is 0.169. The molecule has 106 valence electrons. The Morgan fingerprint density at radius 1 is 0.952 bits per heavy atom. The standard InChI is InChI=1S/C19H20N2/c20-13-18-12-19(11-16-7-3-1-4-8-16)21(15-18)14-17-9-5-2-6-10-17/h1-10,18-19H,11-12,14-15H2/t18-,19+/m0/s1. The average molecular weight is 276 g/mol. The Bertz CT molecular complexity index is 551. The van der Waals surface area contributed by atoms with Gasteiger partial charge in [-0.25, -0.2) is 0 Å². The predicted octanol–water partition coefficient (Wildman–Crippen LogP) is 3.64. The highest BCUT2D eigenvalue weighted by molar-refractivity contribution is 5.18. The molecule has 3 rings (SSSR count). The van der Waals surface area contributed by atoms with Crippen LogP contribution >= 0.6 is 0 Å². The maximum absolute atomic E-state index is 9.26. The van der Waals surface area contributed by atoms with E-state index in [1.807, 2.05) is 6.07 Å². The quantitative estimate of drug-likeness (QED) is 0.852. The Kier molecular flexibility index (Phi) is 4.33. The van der Waals surface area contributed by atoms with Gasteiger partial charge in [0.2, 0.25) is 0 Å². The Balaban J connectivity index is 1.72. The first-order chi connectivity index (χ1) is 10.3. The van der Waals surface area contributed by atoms with Gasteiger partial charge in [-0.05, 0) is 24.0 Å². The first-order valence-corrected chi connectivity index (χ1v) is 7.56. The second kappa shape index (κ2) is 6.56. The van der Waals surface area contributed by atoms with Gasteiger partial charge in [-0.1, -0.05) is 60.7 Å². The summed E-state index contributed by atoms with van der Waals surface area (Å²) in [5.74, 6) is 0.169. The van der Waals surface area contributed by atoms with E-state index in [0.717, 1.165) is 25.9 Å². The van der Waals surface area contributed by atoms with Crippen molar-refractivity contribution in [2.75, 3.05) is 6.54 Å². The Morgan fingerprint density at radius 2 is 1.57 bits per heavy atom. The van der Waals surface area contributed by atoms with Crippen molar-refractivity contribution in [2.45, 2.75) is 25.4 Å². The van der Waals surface area contributed by atoms with Crippen LogP contribution in [0.4, 0.5) is 0 Å². The molecule has 1 saturated heterocycles. The number of likely N-dealkylation sites (tertiary alicyclic amines) is 1. The Morgan fingerprint density at radius 3 is 2.19 bits per heavy atom. The van der Waals surface area contributed by atoms with Gasteiger partial charge in [0.25, 0.3) is 0 Å². The van der Waals surface area contributed by atoms with Crippen LogP contribution in [0.15, 0.2) is 60.7 Å². The fourth-order valence-corrected chi connectivity index (χ4v) is 3.19. The Hall–Kier alpha value is -2.11. The molecule has 0 unspecified atom stereocenters. The molecule has 0 bridgehead atoms. The van der Waals surface area contributed by atoms with E-state index < -0.39 is 0 Å². The second-order valence-corrected chi connectivity index (χ2v) is 5.82. The van der Waals surface area contributed by atoms with E-state index >= 15 is 0 Å². The lowest BCUT2D eigenvalue weighted by Gasteiger charge is -2.24.